The number of rotatable bonds is 4. The molecule has 0 aromatic rings. The van der Waals surface area contributed by atoms with Crippen molar-refractivity contribution in [2.24, 2.45) is 0 Å². The Hall–Kier alpha value is -0.150. The van der Waals surface area contributed by atoms with Crippen LogP contribution in [-0.4, -0.2) is 5.38 Å². The lowest BCUT2D eigenvalue weighted by Crippen LogP contribution is -1.88. The third kappa shape index (κ3) is 7.85. The highest BCUT2D eigenvalue weighted by Crippen LogP contribution is 2.06. The Morgan fingerprint density at radius 1 is 1.56 bits per heavy atom. The fourth-order valence-electron chi connectivity index (χ4n) is 0.653. The van der Waals surface area contributed by atoms with Gasteiger partial charge in [-0.1, -0.05) is 6.42 Å². The van der Waals surface area contributed by atoms with Crippen LogP contribution in [0.2, 0.25) is 0 Å². The number of terminal acetylenes is 1. The Kier molecular flexibility index (Phi) is 5.88. The summed E-state index contributed by atoms with van der Waals surface area (Å²) in [5.41, 5.74) is 0. The maximum atomic E-state index is 5.71. The van der Waals surface area contributed by atoms with E-state index in [1.165, 1.54) is 0 Å². The van der Waals surface area contributed by atoms with Gasteiger partial charge in [0.25, 0.3) is 0 Å². The molecule has 9 heavy (non-hydrogen) atoms. The second-order valence-electron chi connectivity index (χ2n) is 2.23. The zero-order chi connectivity index (χ0) is 7.11. The van der Waals surface area contributed by atoms with E-state index in [0.717, 1.165) is 25.7 Å². The first-order valence-electron chi connectivity index (χ1n) is 3.35. The summed E-state index contributed by atoms with van der Waals surface area (Å²) in [4.78, 5) is 0. The van der Waals surface area contributed by atoms with E-state index in [-0.39, 0.29) is 0 Å². The molecule has 0 aromatic heterocycles. The van der Waals surface area contributed by atoms with Gasteiger partial charge in [0.15, 0.2) is 0 Å². The van der Waals surface area contributed by atoms with Crippen molar-refractivity contribution in [1.29, 1.82) is 0 Å². The van der Waals surface area contributed by atoms with E-state index in [1.807, 2.05) is 6.92 Å². The van der Waals surface area contributed by atoms with Crippen LogP contribution in [0.15, 0.2) is 0 Å². The van der Waals surface area contributed by atoms with Crippen molar-refractivity contribution in [1.82, 2.24) is 0 Å². The fourth-order valence-corrected chi connectivity index (χ4v) is 0.807. The van der Waals surface area contributed by atoms with Gasteiger partial charge in [0.1, 0.15) is 0 Å². The van der Waals surface area contributed by atoms with Gasteiger partial charge in [-0.2, -0.15) is 0 Å². The molecule has 0 aliphatic carbocycles. The summed E-state index contributed by atoms with van der Waals surface area (Å²) in [5, 5.41) is 0.308. The van der Waals surface area contributed by atoms with Gasteiger partial charge >= 0.3 is 0 Å². The number of unbranched alkanes of at least 4 members (excludes halogenated alkanes) is 2. The summed E-state index contributed by atoms with van der Waals surface area (Å²) >= 11 is 5.71. The van der Waals surface area contributed by atoms with Gasteiger partial charge in [0.2, 0.25) is 0 Å². The molecule has 0 aliphatic rings. The molecule has 0 rings (SSSR count). The Balaban J connectivity index is 2.85. The molecule has 0 saturated heterocycles. The number of alkyl halides is 1. The monoisotopic (exact) mass is 144 g/mol. The van der Waals surface area contributed by atoms with Crippen LogP contribution in [0, 0.1) is 12.3 Å². The van der Waals surface area contributed by atoms with Gasteiger partial charge in [0.05, 0.1) is 0 Å². The molecule has 0 aliphatic heterocycles. The second kappa shape index (κ2) is 5.98. The van der Waals surface area contributed by atoms with Crippen LogP contribution in [0.25, 0.3) is 0 Å². The Bertz CT molecular complexity index is 89.2. The average Bonchev–Trinajstić information content (AvgIpc) is 1.80. The highest BCUT2D eigenvalue weighted by Gasteiger charge is 1.93. The van der Waals surface area contributed by atoms with Crippen LogP contribution in [0.3, 0.4) is 0 Å². The molecule has 1 atom stereocenters. The van der Waals surface area contributed by atoms with E-state index in [9.17, 15) is 0 Å². The maximum absolute atomic E-state index is 5.71. The quantitative estimate of drug-likeness (QED) is 0.323. The van der Waals surface area contributed by atoms with Crippen LogP contribution in [0.4, 0.5) is 0 Å². The highest BCUT2D eigenvalue weighted by atomic mass is 35.5. The van der Waals surface area contributed by atoms with Gasteiger partial charge in [0, 0.05) is 11.8 Å². The Labute approximate surface area is 62.6 Å². The third-order valence-electron chi connectivity index (χ3n) is 1.17. The molecule has 0 fully saturated rings. The molecule has 0 saturated carbocycles. The Morgan fingerprint density at radius 2 is 2.22 bits per heavy atom. The molecule has 0 heterocycles. The molecule has 52 valence electrons. The van der Waals surface area contributed by atoms with Crippen LogP contribution < -0.4 is 0 Å². The van der Waals surface area contributed by atoms with Crippen molar-refractivity contribution >= 4 is 11.6 Å². The minimum atomic E-state index is 0.308. The van der Waals surface area contributed by atoms with Crippen molar-refractivity contribution in [3.8, 4) is 12.3 Å². The summed E-state index contributed by atoms with van der Waals surface area (Å²) in [5.74, 6) is 2.60. The molecule has 0 aromatic carbocycles. The van der Waals surface area contributed by atoms with Crippen molar-refractivity contribution < 1.29 is 0 Å². The summed E-state index contributed by atoms with van der Waals surface area (Å²) in [7, 11) is 0. The van der Waals surface area contributed by atoms with E-state index in [2.05, 4.69) is 5.92 Å². The molecular weight excluding hydrogens is 132 g/mol. The lowest BCUT2D eigenvalue weighted by Gasteiger charge is -1.98. The topological polar surface area (TPSA) is 0 Å². The van der Waals surface area contributed by atoms with Gasteiger partial charge in [-0.25, -0.2) is 0 Å². The van der Waals surface area contributed by atoms with Gasteiger partial charge in [-0.3, -0.25) is 0 Å². The molecule has 0 nitrogen and oxygen atoms in total. The third-order valence-corrected chi connectivity index (χ3v) is 1.39. The average molecular weight is 145 g/mol. The lowest BCUT2D eigenvalue weighted by molar-refractivity contribution is 0.685. The predicted octanol–water partition coefficient (Wildman–Crippen LogP) is 2.81. The molecule has 1 unspecified atom stereocenters. The predicted molar refractivity (Wildman–Crippen MR) is 42.6 cm³/mol. The molecule has 0 bridgehead atoms. The standard InChI is InChI=1S/C8H13Cl/c1-3-4-5-6-7-8(2)9/h1,8H,4-7H2,2H3. The first-order chi connectivity index (χ1) is 4.27. The largest absolute Gasteiger partial charge is 0.123 e. The van der Waals surface area contributed by atoms with Gasteiger partial charge in [-0.15, -0.1) is 23.9 Å². The summed E-state index contributed by atoms with van der Waals surface area (Å²) in [6, 6.07) is 0. The SMILES string of the molecule is C#CCCCCC(C)Cl. The first-order valence-corrected chi connectivity index (χ1v) is 3.78. The van der Waals surface area contributed by atoms with Crippen molar-refractivity contribution in [3.05, 3.63) is 0 Å². The molecule has 0 amide bonds. The number of hydrogen-bond donors (Lipinski definition) is 0. The highest BCUT2D eigenvalue weighted by molar-refractivity contribution is 6.20. The van der Waals surface area contributed by atoms with E-state index in [1.54, 1.807) is 0 Å². The van der Waals surface area contributed by atoms with E-state index >= 15 is 0 Å². The maximum Gasteiger partial charge on any atom is 0.0307 e. The lowest BCUT2D eigenvalue weighted by atomic mass is 10.2. The molecule has 0 radical (unpaired) electrons. The van der Waals surface area contributed by atoms with Gasteiger partial charge < -0.3 is 0 Å². The normalized spacial score (nSPS) is 12.6. The number of halogens is 1. The van der Waals surface area contributed by atoms with E-state index in [0.29, 0.717) is 5.38 Å². The zero-order valence-corrected chi connectivity index (χ0v) is 6.62. The van der Waals surface area contributed by atoms with Crippen LogP contribution >= 0.6 is 11.6 Å². The number of hydrogen-bond acceptors (Lipinski definition) is 0. The minimum absolute atomic E-state index is 0.308. The van der Waals surface area contributed by atoms with Crippen LogP contribution in [0.5, 0.6) is 0 Å². The van der Waals surface area contributed by atoms with Crippen molar-refractivity contribution in [2.75, 3.05) is 0 Å². The van der Waals surface area contributed by atoms with Gasteiger partial charge in [-0.05, 0) is 19.8 Å². The van der Waals surface area contributed by atoms with E-state index < -0.39 is 0 Å². The van der Waals surface area contributed by atoms with E-state index in [4.69, 9.17) is 18.0 Å². The Morgan fingerprint density at radius 3 is 2.67 bits per heavy atom. The summed E-state index contributed by atoms with van der Waals surface area (Å²) in [6.07, 6.45) is 9.32. The van der Waals surface area contributed by atoms with Crippen molar-refractivity contribution in [2.45, 2.75) is 38.0 Å². The fraction of sp³-hybridized carbons (Fsp3) is 0.750. The molecular formula is C8H13Cl. The van der Waals surface area contributed by atoms with Crippen LogP contribution in [0.1, 0.15) is 32.6 Å². The summed E-state index contributed by atoms with van der Waals surface area (Å²) in [6.45, 7) is 2.01. The molecule has 1 heteroatoms. The second-order valence-corrected chi connectivity index (χ2v) is 2.98. The minimum Gasteiger partial charge on any atom is -0.123 e. The summed E-state index contributed by atoms with van der Waals surface area (Å²) < 4.78 is 0. The zero-order valence-electron chi connectivity index (χ0n) is 5.86. The smallest absolute Gasteiger partial charge is 0.0307 e. The van der Waals surface area contributed by atoms with Crippen molar-refractivity contribution in [3.63, 3.8) is 0 Å². The van der Waals surface area contributed by atoms with Crippen LogP contribution in [-0.2, 0) is 0 Å². The molecule has 0 spiro atoms. The first kappa shape index (κ1) is 8.85. The molecule has 0 N–H and O–H groups in total.